The maximum absolute atomic E-state index is 12.1. The highest BCUT2D eigenvalue weighted by molar-refractivity contribution is 8.13. The smallest absolute Gasteiger partial charge is 0.335 e. The molecule has 1 heterocycles. The molecule has 7 heteroatoms. The molecule has 21 heavy (non-hydrogen) atoms. The van der Waals surface area contributed by atoms with Gasteiger partial charge in [0.15, 0.2) is 5.12 Å². The predicted octanol–water partition coefficient (Wildman–Crippen LogP) is 1.60. The second kappa shape index (κ2) is 6.17. The highest BCUT2D eigenvalue weighted by Gasteiger charge is 2.31. The Morgan fingerprint density at radius 2 is 2.19 bits per heavy atom. The van der Waals surface area contributed by atoms with Crippen LogP contribution in [0, 0.1) is 5.92 Å². The van der Waals surface area contributed by atoms with Crippen molar-refractivity contribution in [2.45, 2.75) is 13.3 Å². The molecule has 1 fully saturated rings. The summed E-state index contributed by atoms with van der Waals surface area (Å²) in [5.74, 6) is -0.411. The molecule has 1 amide bonds. The van der Waals surface area contributed by atoms with E-state index in [9.17, 15) is 14.4 Å². The van der Waals surface area contributed by atoms with Crippen molar-refractivity contribution >= 4 is 40.1 Å². The van der Waals surface area contributed by atoms with Crippen molar-refractivity contribution in [2.75, 3.05) is 22.9 Å². The van der Waals surface area contributed by atoms with Gasteiger partial charge in [-0.15, -0.1) is 0 Å². The first-order valence-electron chi connectivity index (χ1n) is 6.45. The average Bonchev–Trinajstić information content (AvgIpc) is 2.77. The average molecular weight is 308 g/mol. The second-order valence-corrected chi connectivity index (χ2v) is 6.15. The van der Waals surface area contributed by atoms with Gasteiger partial charge < -0.3 is 15.7 Å². The van der Waals surface area contributed by atoms with Gasteiger partial charge in [-0.3, -0.25) is 9.59 Å². The number of thioether (sulfide) groups is 1. The van der Waals surface area contributed by atoms with Crippen LogP contribution in [0.5, 0.6) is 0 Å². The molecule has 1 saturated heterocycles. The monoisotopic (exact) mass is 308 g/mol. The Bertz CT molecular complexity index is 603. The van der Waals surface area contributed by atoms with Gasteiger partial charge in [0, 0.05) is 25.6 Å². The Morgan fingerprint density at radius 1 is 1.48 bits per heavy atom. The lowest BCUT2D eigenvalue weighted by Crippen LogP contribution is -2.25. The van der Waals surface area contributed by atoms with Crippen molar-refractivity contribution in [2.24, 2.45) is 5.92 Å². The molecule has 1 aromatic carbocycles. The van der Waals surface area contributed by atoms with Gasteiger partial charge in [0.1, 0.15) is 0 Å². The minimum Gasteiger partial charge on any atom is -0.478 e. The Labute approximate surface area is 126 Å². The molecule has 1 atom stereocenters. The van der Waals surface area contributed by atoms with Crippen LogP contribution in [-0.2, 0) is 9.59 Å². The van der Waals surface area contributed by atoms with E-state index in [1.165, 1.54) is 30.8 Å². The van der Waals surface area contributed by atoms with E-state index in [1.54, 1.807) is 11.0 Å². The number of nitrogen functional groups attached to an aromatic ring is 1. The Kier molecular flexibility index (Phi) is 4.52. The third kappa shape index (κ3) is 3.55. The number of nitrogens with two attached hydrogens (primary N) is 1. The third-order valence-corrected chi connectivity index (χ3v) is 4.34. The summed E-state index contributed by atoms with van der Waals surface area (Å²) < 4.78 is 0. The van der Waals surface area contributed by atoms with Gasteiger partial charge in [0.25, 0.3) is 0 Å². The van der Waals surface area contributed by atoms with Crippen LogP contribution < -0.4 is 10.6 Å². The summed E-state index contributed by atoms with van der Waals surface area (Å²) in [7, 11) is 0. The number of hydrogen-bond donors (Lipinski definition) is 2. The van der Waals surface area contributed by atoms with Gasteiger partial charge in [-0.05, 0) is 24.1 Å². The first-order valence-corrected chi connectivity index (χ1v) is 7.43. The number of nitrogens with zero attached hydrogens (tertiary/aromatic N) is 1. The second-order valence-electron chi connectivity index (χ2n) is 4.96. The van der Waals surface area contributed by atoms with E-state index in [1.807, 2.05) is 0 Å². The van der Waals surface area contributed by atoms with Crippen LogP contribution in [0.1, 0.15) is 23.7 Å². The number of anilines is 2. The molecule has 3 N–H and O–H groups in total. The van der Waals surface area contributed by atoms with Crippen LogP contribution in [0.15, 0.2) is 18.2 Å². The minimum atomic E-state index is -1.06. The first kappa shape index (κ1) is 15.4. The van der Waals surface area contributed by atoms with Gasteiger partial charge >= 0.3 is 5.97 Å². The molecule has 1 aliphatic rings. The summed E-state index contributed by atoms with van der Waals surface area (Å²) in [4.78, 5) is 35.5. The number of hydrogen-bond acceptors (Lipinski definition) is 5. The molecular formula is C14H16N2O4S. The maximum atomic E-state index is 12.1. The summed E-state index contributed by atoms with van der Waals surface area (Å²) in [6, 6.07) is 4.33. The highest BCUT2D eigenvalue weighted by atomic mass is 32.2. The van der Waals surface area contributed by atoms with Crippen LogP contribution in [0.2, 0.25) is 0 Å². The molecule has 0 saturated carbocycles. The van der Waals surface area contributed by atoms with Crippen molar-refractivity contribution in [1.82, 2.24) is 0 Å². The van der Waals surface area contributed by atoms with Crippen LogP contribution in [-0.4, -0.2) is 34.4 Å². The number of benzene rings is 1. The summed E-state index contributed by atoms with van der Waals surface area (Å²) in [6.45, 7) is 2.00. The Morgan fingerprint density at radius 3 is 2.76 bits per heavy atom. The fourth-order valence-electron chi connectivity index (χ4n) is 2.29. The zero-order chi connectivity index (χ0) is 15.6. The van der Waals surface area contributed by atoms with Gasteiger partial charge in [-0.2, -0.15) is 0 Å². The van der Waals surface area contributed by atoms with Crippen LogP contribution in [0.3, 0.4) is 0 Å². The molecule has 0 bridgehead atoms. The fourth-order valence-corrected chi connectivity index (χ4v) is 2.99. The number of carbonyl (C=O) groups is 3. The van der Waals surface area contributed by atoms with E-state index >= 15 is 0 Å². The molecular weight excluding hydrogens is 292 g/mol. The largest absolute Gasteiger partial charge is 0.478 e. The number of aromatic carboxylic acids is 1. The molecule has 2 rings (SSSR count). The zero-order valence-electron chi connectivity index (χ0n) is 11.5. The first-order chi connectivity index (χ1) is 9.88. The number of carbonyl (C=O) groups excluding carboxylic acids is 2. The summed E-state index contributed by atoms with van der Waals surface area (Å²) in [5.41, 5.74) is 6.74. The molecule has 0 radical (unpaired) electrons. The predicted molar refractivity (Wildman–Crippen MR) is 81.4 cm³/mol. The van der Waals surface area contributed by atoms with E-state index in [2.05, 4.69) is 0 Å². The summed E-state index contributed by atoms with van der Waals surface area (Å²) >= 11 is 1.21. The fraction of sp³-hybridized carbons (Fsp3) is 0.357. The van der Waals surface area contributed by atoms with Gasteiger partial charge in [0.05, 0.1) is 16.9 Å². The number of carboxylic acid groups (broad SMARTS) is 1. The van der Waals surface area contributed by atoms with Crippen molar-refractivity contribution in [3.8, 4) is 0 Å². The highest BCUT2D eigenvalue weighted by Crippen LogP contribution is 2.31. The molecule has 0 aromatic heterocycles. The van der Waals surface area contributed by atoms with Gasteiger partial charge in [-0.1, -0.05) is 11.8 Å². The normalized spacial score (nSPS) is 18.0. The van der Waals surface area contributed by atoms with Crippen molar-refractivity contribution in [1.29, 1.82) is 0 Å². The molecule has 6 nitrogen and oxygen atoms in total. The number of rotatable bonds is 4. The standard InChI is InChI=1S/C14H16N2O4S/c1-8(17)21-7-9-4-13(18)16(6-9)12-3-2-10(14(19)20)5-11(12)15/h2-3,5,9H,4,6-7,15H2,1H3,(H,19,20). The zero-order valence-corrected chi connectivity index (χ0v) is 12.4. The minimum absolute atomic E-state index is 0.0335. The van der Waals surface area contributed by atoms with Crippen LogP contribution >= 0.6 is 11.8 Å². The van der Waals surface area contributed by atoms with Crippen LogP contribution in [0.25, 0.3) is 0 Å². The van der Waals surface area contributed by atoms with Gasteiger partial charge in [0.2, 0.25) is 5.91 Å². The molecule has 1 aromatic rings. The lowest BCUT2D eigenvalue weighted by molar-refractivity contribution is -0.117. The van der Waals surface area contributed by atoms with E-state index in [0.29, 0.717) is 24.4 Å². The quantitative estimate of drug-likeness (QED) is 0.819. The van der Waals surface area contributed by atoms with E-state index in [-0.39, 0.29) is 28.2 Å². The lowest BCUT2D eigenvalue weighted by atomic mass is 10.1. The van der Waals surface area contributed by atoms with E-state index < -0.39 is 5.97 Å². The molecule has 0 spiro atoms. The van der Waals surface area contributed by atoms with Crippen molar-refractivity contribution < 1.29 is 19.5 Å². The lowest BCUT2D eigenvalue weighted by Gasteiger charge is -2.19. The van der Waals surface area contributed by atoms with E-state index in [4.69, 9.17) is 10.8 Å². The topological polar surface area (TPSA) is 101 Å². The Balaban J connectivity index is 2.13. The molecule has 1 aliphatic heterocycles. The Hall–Kier alpha value is -2.02. The van der Waals surface area contributed by atoms with Crippen LogP contribution in [0.4, 0.5) is 11.4 Å². The molecule has 112 valence electrons. The van der Waals surface area contributed by atoms with Gasteiger partial charge in [-0.25, -0.2) is 4.79 Å². The van der Waals surface area contributed by atoms with E-state index in [0.717, 1.165) is 0 Å². The summed E-state index contributed by atoms with van der Waals surface area (Å²) in [5, 5.41) is 8.94. The maximum Gasteiger partial charge on any atom is 0.335 e. The number of amides is 1. The molecule has 0 aliphatic carbocycles. The number of carboxylic acids is 1. The SMILES string of the molecule is CC(=O)SCC1CC(=O)N(c2ccc(C(=O)O)cc2N)C1. The van der Waals surface area contributed by atoms with Crippen molar-refractivity contribution in [3.05, 3.63) is 23.8 Å². The molecule has 1 unspecified atom stereocenters. The third-order valence-electron chi connectivity index (χ3n) is 3.29. The summed E-state index contributed by atoms with van der Waals surface area (Å²) in [6.07, 6.45) is 0.375. The van der Waals surface area contributed by atoms with Crippen molar-refractivity contribution in [3.63, 3.8) is 0 Å².